The van der Waals surface area contributed by atoms with Crippen molar-refractivity contribution < 1.29 is 23.7 Å². The van der Waals surface area contributed by atoms with Crippen molar-refractivity contribution in [2.75, 3.05) is 0 Å². The van der Waals surface area contributed by atoms with Gasteiger partial charge >= 0.3 is 13.8 Å². The van der Waals surface area contributed by atoms with Gasteiger partial charge in [-0.3, -0.25) is 14.6 Å². The van der Waals surface area contributed by atoms with E-state index in [4.69, 9.17) is 9.79 Å². The molecule has 0 heterocycles. The fraction of sp³-hybridized carbons (Fsp3) is 0.923. The van der Waals surface area contributed by atoms with Gasteiger partial charge in [-0.25, -0.2) is 4.57 Å². The first-order valence-electron chi connectivity index (χ1n) is 7.23. The minimum absolute atomic E-state index is 0.0849. The first-order chi connectivity index (χ1) is 8.95. The average molecular weight is 294 g/mol. The number of carbonyl (C=O) groups is 1. The van der Waals surface area contributed by atoms with Crippen molar-refractivity contribution in [1.29, 1.82) is 0 Å². The number of hydrogen-bond donors (Lipinski definition) is 2. The van der Waals surface area contributed by atoms with E-state index in [1.165, 1.54) is 44.9 Å². The van der Waals surface area contributed by atoms with Crippen molar-refractivity contribution >= 4 is 13.8 Å². The van der Waals surface area contributed by atoms with Crippen LogP contribution in [0.5, 0.6) is 0 Å². The molecule has 0 bridgehead atoms. The average Bonchev–Trinajstić information content (AvgIpc) is 2.29. The lowest BCUT2D eigenvalue weighted by molar-refractivity contribution is -0.135. The van der Waals surface area contributed by atoms with Gasteiger partial charge < -0.3 is 4.52 Å². The SMILES string of the molecule is CCCCCCCCCCCCC(=O)OP(=O)(O)O. The lowest BCUT2D eigenvalue weighted by Crippen LogP contribution is -2.01. The maximum Gasteiger partial charge on any atom is 0.526 e. The minimum Gasteiger partial charge on any atom is -0.371 e. The highest BCUT2D eigenvalue weighted by Crippen LogP contribution is 2.36. The second-order valence-corrected chi connectivity index (χ2v) is 6.05. The third-order valence-corrected chi connectivity index (χ3v) is 3.40. The summed E-state index contributed by atoms with van der Waals surface area (Å²) in [5.41, 5.74) is 0. The zero-order valence-electron chi connectivity index (χ0n) is 11.8. The van der Waals surface area contributed by atoms with Gasteiger partial charge in [0.15, 0.2) is 0 Å². The highest BCUT2D eigenvalue weighted by molar-refractivity contribution is 7.46. The van der Waals surface area contributed by atoms with E-state index in [2.05, 4.69) is 11.4 Å². The molecular weight excluding hydrogens is 267 g/mol. The van der Waals surface area contributed by atoms with Crippen molar-refractivity contribution in [3.63, 3.8) is 0 Å². The normalized spacial score (nSPS) is 11.5. The molecule has 114 valence electrons. The van der Waals surface area contributed by atoms with Crippen LogP contribution < -0.4 is 0 Å². The van der Waals surface area contributed by atoms with E-state index in [0.29, 0.717) is 6.42 Å². The maximum atomic E-state index is 11.0. The van der Waals surface area contributed by atoms with E-state index in [-0.39, 0.29) is 6.42 Å². The van der Waals surface area contributed by atoms with Crippen LogP contribution in [-0.4, -0.2) is 15.8 Å². The molecule has 6 heteroatoms. The Kier molecular flexibility index (Phi) is 11.2. The van der Waals surface area contributed by atoms with Gasteiger partial charge in [-0.05, 0) is 6.42 Å². The second kappa shape index (κ2) is 11.4. The molecule has 0 amide bonds. The van der Waals surface area contributed by atoms with E-state index in [1.54, 1.807) is 0 Å². The Morgan fingerprint density at radius 3 is 1.74 bits per heavy atom. The van der Waals surface area contributed by atoms with Gasteiger partial charge in [-0.15, -0.1) is 0 Å². The number of hydrogen-bond acceptors (Lipinski definition) is 3. The quantitative estimate of drug-likeness (QED) is 0.421. The van der Waals surface area contributed by atoms with Crippen molar-refractivity contribution in [3.8, 4) is 0 Å². The van der Waals surface area contributed by atoms with Crippen molar-refractivity contribution in [3.05, 3.63) is 0 Å². The fourth-order valence-electron chi connectivity index (χ4n) is 1.94. The van der Waals surface area contributed by atoms with Crippen LogP contribution in [0.2, 0.25) is 0 Å². The molecule has 2 N–H and O–H groups in total. The molecule has 0 fully saturated rings. The Bertz CT molecular complexity index is 274. The van der Waals surface area contributed by atoms with Crippen LogP contribution in [0.3, 0.4) is 0 Å². The molecule has 0 aliphatic rings. The zero-order chi connectivity index (χ0) is 14.6. The largest absolute Gasteiger partial charge is 0.526 e. The zero-order valence-corrected chi connectivity index (χ0v) is 12.7. The Balaban J connectivity index is 3.23. The molecule has 0 rings (SSSR count). The van der Waals surface area contributed by atoms with Crippen molar-refractivity contribution in [2.45, 2.75) is 77.6 Å². The molecule has 0 spiro atoms. The predicted octanol–water partition coefficient (Wildman–Crippen LogP) is 3.93. The molecule has 0 aliphatic carbocycles. The smallest absolute Gasteiger partial charge is 0.371 e. The number of phosphoric ester groups is 1. The number of phosphoric acid groups is 1. The van der Waals surface area contributed by atoms with E-state index in [1.807, 2.05) is 0 Å². The summed E-state index contributed by atoms with van der Waals surface area (Å²) in [6.45, 7) is 2.21. The molecule has 0 saturated carbocycles. The minimum atomic E-state index is -4.65. The maximum absolute atomic E-state index is 11.0. The Morgan fingerprint density at radius 1 is 0.895 bits per heavy atom. The lowest BCUT2D eigenvalue weighted by atomic mass is 10.1. The highest BCUT2D eigenvalue weighted by Gasteiger charge is 2.19. The number of carbonyl (C=O) groups excluding carboxylic acids is 1. The van der Waals surface area contributed by atoms with Gasteiger partial charge in [0.2, 0.25) is 0 Å². The first-order valence-corrected chi connectivity index (χ1v) is 8.76. The number of unbranched alkanes of at least 4 members (excludes halogenated alkanes) is 9. The standard InChI is InChI=1S/C13H27O5P/c1-2-3-4-5-6-7-8-9-10-11-12-13(14)18-19(15,16)17/h2-12H2,1H3,(H2,15,16,17). The third-order valence-electron chi connectivity index (χ3n) is 2.96. The number of rotatable bonds is 12. The summed E-state index contributed by atoms with van der Waals surface area (Å²) in [4.78, 5) is 27.8. The van der Waals surface area contributed by atoms with E-state index in [0.717, 1.165) is 12.8 Å². The topological polar surface area (TPSA) is 83.8 Å². The molecule has 0 atom stereocenters. The first kappa shape index (κ1) is 18.6. The molecule has 0 aromatic carbocycles. The van der Waals surface area contributed by atoms with Crippen LogP contribution in [0.1, 0.15) is 77.6 Å². The summed E-state index contributed by atoms with van der Waals surface area (Å²) in [7, 11) is -4.65. The molecule has 0 saturated heterocycles. The molecular formula is C13H27O5P. The van der Waals surface area contributed by atoms with Crippen molar-refractivity contribution in [2.24, 2.45) is 0 Å². The monoisotopic (exact) mass is 294 g/mol. The van der Waals surface area contributed by atoms with E-state index < -0.39 is 13.8 Å². The predicted molar refractivity (Wildman–Crippen MR) is 74.6 cm³/mol. The molecule has 0 radical (unpaired) electrons. The van der Waals surface area contributed by atoms with E-state index >= 15 is 0 Å². The van der Waals surface area contributed by atoms with Crippen LogP contribution in [0.15, 0.2) is 0 Å². The van der Waals surface area contributed by atoms with Gasteiger partial charge in [0.05, 0.1) is 0 Å². The molecule has 0 aromatic rings. The second-order valence-electron chi connectivity index (χ2n) is 4.89. The van der Waals surface area contributed by atoms with Crippen LogP contribution >= 0.6 is 7.82 Å². The summed E-state index contributed by atoms with van der Waals surface area (Å²) in [6, 6.07) is 0. The summed E-state index contributed by atoms with van der Waals surface area (Å²) in [5, 5.41) is 0. The van der Waals surface area contributed by atoms with Crippen LogP contribution in [0.25, 0.3) is 0 Å². The van der Waals surface area contributed by atoms with Crippen LogP contribution in [0, 0.1) is 0 Å². The fourth-order valence-corrected chi connectivity index (χ4v) is 2.29. The Morgan fingerprint density at radius 2 is 1.32 bits per heavy atom. The Labute approximate surface area is 116 Å². The molecule has 0 aromatic heterocycles. The summed E-state index contributed by atoms with van der Waals surface area (Å²) in [6.07, 6.45) is 11.6. The van der Waals surface area contributed by atoms with Crippen molar-refractivity contribution in [1.82, 2.24) is 0 Å². The third kappa shape index (κ3) is 15.6. The highest BCUT2D eigenvalue weighted by atomic mass is 31.2. The summed E-state index contributed by atoms with van der Waals surface area (Å²) >= 11 is 0. The van der Waals surface area contributed by atoms with Crippen LogP contribution in [-0.2, 0) is 13.9 Å². The lowest BCUT2D eigenvalue weighted by Gasteiger charge is -2.05. The van der Waals surface area contributed by atoms with Gasteiger partial charge in [0.1, 0.15) is 0 Å². The van der Waals surface area contributed by atoms with E-state index in [9.17, 15) is 9.36 Å². The van der Waals surface area contributed by atoms with Gasteiger partial charge in [0, 0.05) is 6.42 Å². The van der Waals surface area contributed by atoms with Gasteiger partial charge in [0.25, 0.3) is 0 Å². The molecule has 19 heavy (non-hydrogen) atoms. The van der Waals surface area contributed by atoms with Gasteiger partial charge in [-0.2, -0.15) is 0 Å². The molecule has 0 aliphatic heterocycles. The van der Waals surface area contributed by atoms with Gasteiger partial charge in [-0.1, -0.05) is 64.7 Å². The molecule has 0 unspecified atom stereocenters. The summed E-state index contributed by atoms with van der Waals surface area (Å²) < 4.78 is 14.3. The Hall–Kier alpha value is -0.380. The molecule has 5 nitrogen and oxygen atoms in total. The summed E-state index contributed by atoms with van der Waals surface area (Å²) in [5.74, 6) is -0.812. The van der Waals surface area contributed by atoms with Crippen LogP contribution in [0.4, 0.5) is 0 Å².